The topological polar surface area (TPSA) is 45.6 Å². The minimum Gasteiger partial charge on any atom is -0.433 e. The van der Waals surface area contributed by atoms with E-state index >= 15 is 0 Å². The van der Waals surface area contributed by atoms with E-state index in [9.17, 15) is 8.78 Å². The lowest BCUT2D eigenvalue weighted by molar-refractivity contribution is -0.0493. The summed E-state index contributed by atoms with van der Waals surface area (Å²) in [5.74, 6) is 0.0786. The number of halogens is 2. The molecule has 1 saturated heterocycles. The number of alkyl halides is 2. The highest BCUT2D eigenvalue weighted by atomic mass is 32.1. The molecule has 33 heavy (non-hydrogen) atoms. The van der Waals surface area contributed by atoms with Crippen molar-refractivity contribution in [2.45, 2.75) is 27.0 Å². The molecule has 4 rings (SSSR count). The Bertz CT molecular complexity index is 1100. The van der Waals surface area contributed by atoms with Crippen LogP contribution in [-0.4, -0.2) is 57.5 Å². The molecule has 9 heteroatoms. The lowest BCUT2D eigenvalue weighted by Gasteiger charge is -2.36. The van der Waals surface area contributed by atoms with Crippen molar-refractivity contribution in [3.8, 4) is 11.4 Å². The van der Waals surface area contributed by atoms with Crippen LogP contribution in [-0.2, 0) is 6.54 Å². The average Bonchev–Trinajstić information content (AvgIpc) is 3.09. The zero-order valence-corrected chi connectivity index (χ0v) is 19.5. The molecule has 0 atom stereocenters. The summed E-state index contributed by atoms with van der Waals surface area (Å²) in [5, 5.41) is 8.31. The standard InChI is InChI=1S/C24H27F2N5OS/c1-17-20(18(2)31(28-17)19-8-4-3-5-9-19)16-29-12-14-30(15-13-29)24(33)27-21-10-6-7-11-22(21)32-23(25)26/h3-11,23H,12-16H2,1-2H3,(H,27,33). The first kappa shape index (κ1) is 23.1. The van der Waals surface area contributed by atoms with Gasteiger partial charge in [0, 0.05) is 44.0 Å². The third-order valence-electron chi connectivity index (χ3n) is 5.83. The number of benzene rings is 2. The van der Waals surface area contributed by atoms with Gasteiger partial charge in [0.2, 0.25) is 0 Å². The largest absolute Gasteiger partial charge is 0.433 e. The number of nitrogens with zero attached hydrogens (tertiary/aromatic N) is 4. The molecule has 3 aromatic rings. The van der Waals surface area contributed by atoms with Gasteiger partial charge in [-0.2, -0.15) is 13.9 Å². The Morgan fingerprint density at radius 1 is 1.03 bits per heavy atom. The van der Waals surface area contributed by atoms with E-state index in [1.807, 2.05) is 22.9 Å². The van der Waals surface area contributed by atoms with Crippen LogP contribution in [0.5, 0.6) is 5.75 Å². The molecule has 0 saturated carbocycles. The van der Waals surface area contributed by atoms with Crippen LogP contribution in [0.25, 0.3) is 5.69 Å². The van der Waals surface area contributed by atoms with Crippen LogP contribution in [0.2, 0.25) is 0 Å². The highest BCUT2D eigenvalue weighted by Gasteiger charge is 2.22. The highest BCUT2D eigenvalue weighted by molar-refractivity contribution is 7.80. The van der Waals surface area contributed by atoms with E-state index in [2.05, 4.69) is 45.8 Å². The minimum absolute atomic E-state index is 0.0786. The van der Waals surface area contributed by atoms with Crippen LogP contribution >= 0.6 is 12.2 Å². The first-order valence-electron chi connectivity index (χ1n) is 10.8. The third-order valence-corrected chi connectivity index (χ3v) is 6.19. The van der Waals surface area contributed by atoms with Crippen molar-refractivity contribution in [1.82, 2.24) is 19.6 Å². The summed E-state index contributed by atoms with van der Waals surface area (Å²) in [6, 6.07) is 16.7. The average molecular weight is 472 g/mol. The molecule has 0 spiro atoms. The van der Waals surface area contributed by atoms with Gasteiger partial charge in [0.25, 0.3) is 0 Å². The molecule has 1 fully saturated rings. The number of hydrogen-bond acceptors (Lipinski definition) is 4. The van der Waals surface area contributed by atoms with Crippen molar-refractivity contribution in [3.05, 3.63) is 71.5 Å². The van der Waals surface area contributed by atoms with Crippen LogP contribution in [0.3, 0.4) is 0 Å². The molecule has 1 aliphatic heterocycles. The number of nitrogens with one attached hydrogen (secondary N) is 1. The maximum Gasteiger partial charge on any atom is 0.387 e. The maximum absolute atomic E-state index is 12.7. The fourth-order valence-electron chi connectivity index (χ4n) is 4.02. The van der Waals surface area contributed by atoms with Crippen molar-refractivity contribution < 1.29 is 13.5 Å². The molecular formula is C24H27F2N5OS. The van der Waals surface area contributed by atoms with Crippen molar-refractivity contribution in [1.29, 1.82) is 0 Å². The molecule has 2 aromatic carbocycles. The SMILES string of the molecule is Cc1nn(-c2ccccc2)c(C)c1CN1CCN(C(=S)Nc2ccccc2OC(F)F)CC1. The lowest BCUT2D eigenvalue weighted by atomic mass is 10.1. The molecule has 0 aliphatic carbocycles. The number of rotatable bonds is 6. The molecule has 2 heterocycles. The Balaban J connectivity index is 1.35. The van der Waals surface area contributed by atoms with Gasteiger partial charge in [0.15, 0.2) is 5.11 Å². The zero-order chi connectivity index (χ0) is 23.4. The van der Waals surface area contributed by atoms with Gasteiger partial charge in [-0.15, -0.1) is 0 Å². The van der Waals surface area contributed by atoms with E-state index < -0.39 is 6.61 Å². The molecule has 0 bridgehead atoms. The van der Waals surface area contributed by atoms with Gasteiger partial charge in [-0.05, 0) is 50.3 Å². The van der Waals surface area contributed by atoms with E-state index in [1.165, 1.54) is 11.6 Å². The molecular weight excluding hydrogens is 444 g/mol. The second kappa shape index (κ2) is 10.3. The summed E-state index contributed by atoms with van der Waals surface area (Å²) in [7, 11) is 0. The number of piperazine rings is 1. The minimum atomic E-state index is -2.89. The number of aryl methyl sites for hydroxylation is 1. The fourth-order valence-corrected chi connectivity index (χ4v) is 4.31. The summed E-state index contributed by atoms with van der Waals surface area (Å²) in [6.45, 7) is 5.27. The fraction of sp³-hybridized carbons (Fsp3) is 0.333. The Labute approximate surface area is 197 Å². The van der Waals surface area contributed by atoms with Gasteiger partial charge < -0.3 is 15.0 Å². The van der Waals surface area contributed by atoms with Crippen LogP contribution in [0.15, 0.2) is 54.6 Å². The van der Waals surface area contributed by atoms with Crippen LogP contribution in [0, 0.1) is 13.8 Å². The second-order valence-corrected chi connectivity index (χ2v) is 8.35. The quantitative estimate of drug-likeness (QED) is 0.530. The van der Waals surface area contributed by atoms with Crippen molar-refractivity contribution in [3.63, 3.8) is 0 Å². The van der Waals surface area contributed by atoms with Crippen molar-refractivity contribution >= 4 is 23.0 Å². The van der Waals surface area contributed by atoms with Gasteiger partial charge in [0.05, 0.1) is 17.1 Å². The zero-order valence-electron chi connectivity index (χ0n) is 18.7. The molecule has 6 nitrogen and oxygen atoms in total. The molecule has 0 unspecified atom stereocenters. The molecule has 1 aliphatic rings. The first-order valence-corrected chi connectivity index (χ1v) is 11.3. The van der Waals surface area contributed by atoms with Crippen molar-refractivity contribution in [2.24, 2.45) is 0 Å². The smallest absolute Gasteiger partial charge is 0.387 e. The Kier molecular flexibility index (Phi) is 7.20. The van der Waals surface area contributed by atoms with Gasteiger partial charge in [0.1, 0.15) is 5.75 Å². The Morgan fingerprint density at radius 3 is 2.39 bits per heavy atom. The van der Waals surface area contributed by atoms with E-state index in [-0.39, 0.29) is 5.75 Å². The Hall–Kier alpha value is -3.04. The summed E-state index contributed by atoms with van der Waals surface area (Å²) in [4.78, 5) is 4.44. The monoisotopic (exact) mass is 471 g/mol. The highest BCUT2D eigenvalue weighted by Crippen LogP contribution is 2.26. The summed E-state index contributed by atoms with van der Waals surface area (Å²) in [5.41, 5.74) is 4.91. The van der Waals surface area contributed by atoms with Gasteiger partial charge in [-0.3, -0.25) is 4.90 Å². The van der Waals surface area contributed by atoms with Crippen LogP contribution < -0.4 is 10.1 Å². The van der Waals surface area contributed by atoms with E-state index in [1.54, 1.807) is 18.2 Å². The van der Waals surface area contributed by atoms with Gasteiger partial charge >= 0.3 is 6.61 Å². The van der Waals surface area contributed by atoms with E-state index in [4.69, 9.17) is 17.3 Å². The van der Waals surface area contributed by atoms with Crippen molar-refractivity contribution in [2.75, 3.05) is 31.5 Å². The number of anilines is 1. The van der Waals surface area contributed by atoms with E-state index in [0.717, 1.165) is 49.8 Å². The normalized spacial score (nSPS) is 14.5. The molecule has 1 aromatic heterocycles. The number of ether oxygens (including phenoxy) is 1. The molecule has 1 N–H and O–H groups in total. The van der Waals surface area contributed by atoms with E-state index in [0.29, 0.717) is 10.8 Å². The molecule has 174 valence electrons. The third kappa shape index (κ3) is 5.48. The van der Waals surface area contributed by atoms with Crippen LogP contribution in [0.4, 0.5) is 14.5 Å². The summed E-state index contributed by atoms with van der Waals surface area (Å²) < 4.78 is 31.9. The molecule has 0 radical (unpaired) electrons. The predicted octanol–water partition coefficient (Wildman–Crippen LogP) is 4.61. The van der Waals surface area contributed by atoms with Gasteiger partial charge in [-0.25, -0.2) is 4.68 Å². The number of thiocarbonyl (C=S) groups is 1. The molecule has 0 amide bonds. The summed E-state index contributed by atoms with van der Waals surface area (Å²) in [6.07, 6.45) is 0. The van der Waals surface area contributed by atoms with Gasteiger partial charge in [-0.1, -0.05) is 30.3 Å². The number of para-hydroxylation sites is 3. The Morgan fingerprint density at radius 2 is 1.70 bits per heavy atom. The first-order chi connectivity index (χ1) is 15.9. The maximum atomic E-state index is 12.7. The number of aromatic nitrogens is 2. The predicted molar refractivity (Wildman–Crippen MR) is 129 cm³/mol. The van der Waals surface area contributed by atoms with Crippen LogP contribution in [0.1, 0.15) is 17.0 Å². The lowest BCUT2D eigenvalue weighted by Crippen LogP contribution is -2.49. The summed E-state index contributed by atoms with van der Waals surface area (Å²) >= 11 is 5.54. The second-order valence-electron chi connectivity index (χ2n) is 7.96. The number of hydrogen-bond donors (Lipinski definition) is 1.